The van der Waals surface area contributed by atoms with Crippen LogP contribution in [0.25, 0.3) is 0 Å². The maximum atomic E-state index is 12.4. The zero-order chi connectivity index (χ0) is 32.4. The van der Waals surface area contributed by atoms with Gasteiger partial charge in [0.2, 0.25) is 12.9 Å². The first kappa shape index (κ1) is 43.7. The lowest BCUT2D eigenvalue weighted by atomic mass is 9.86. The average Bonchev–Trinajstić information content (AvgIpc) is 2.99. The molecule has 0 saturated heterocycles. The van der Waals surface area contributed by atoms with Crippen molar-refractivity contribution < 1.29 is 17.6 Å². The minimum Gasteiger partial charge on any atom is -0.211 e. The SMILES string of the molecule is CCCCCCCCCC(CCCCCCCC(F)F)CCCCC(CCCCCCCCC)CCCCCCCC(F)F. The Morgan fingerprint density at radius 2 is 0.432 bits per heavy atom. The van der Waals surface area contributed by atoms with Crippen LogP contribution in [0, 0.1) is 11.8 Å². The van der Waals surface area contributed by atoms with Crippen molar-refractivity contribution in [3.63, 3.8) is 0 Å². The van der Waals surface area contributed by atoms with Crippen LogP contribution in [-0.2, 0) is 0 Å². The van der Waals surface area contributed by atoms with Gasteiger partial charge >= 0.3 is 0 Å². The standard InChI is InChI=1S/C40H78F4/c1-3-5-7-9-11-15-21-29-37(31-23-17-13-19-25-35-39(41)42)33-27-28-34-38(30-22-16-12-10-8-6-4-2)32-24-18-14-20-26-36-40(43)44/h37-40H,3-36H2,1-2H3. The molecule has 0 heterocycles. The number of halogens is 4. The Kier molecular flexibility index (Phi) is 35.3. The fourth-order valence-electron chi connectivity index (χ4n) is 7.04. The second-order valence-electron chi connectivity index (χ2n) is 14.3. The van der Waals surface area contributed by atoms with Crippen LogP contribution in [0.5, 0.6) is 0 Å². The molecule has 44 heavy (non-hydrogen) atoms. The summed E-state index contributed by atoms with van der Waals surface area (Å²) in [6, 6.07) is 0. The summed E-state index contributed by atoms with van der Waals surface area (Å²) in [5.41, 5.74) is 0. The molecule has 0 amide bonds. The molecule has 0 aromatic rings. The summed E-state index contributed by atoms with van der Waals surface area (Å²) in [5, 5.41) is 0. The van der Waals surface area contributed by atoms with Gasteiger partial charge in [-0.05, 0) is 24.7 Å². The van der Waals surface area contributed by atoms with Crippen LogP contribution in [0.2, 0.25) is 0 Å². The zero-order valence-corrected chi connectivity index (χ0v) is 29.9. The van der Waals surface area contributed by atoms with E-state index in [0.717, 1.165) is 37.5 Å². The van der Waals surface area contributed by atoms with Crippen molar-refractivity contribution in [3.05, 3.63) is 0 Å². The van der Waals surface area contributed by atoms with E-state index in [4.69, 9.17) is 0 Å². The van der Waals surface area contributed by atoms with Gasteiger partial charge in [-0.3, -0.25) is 0 Å². The average molecular weight is 635 g/mol. The highest BCUT2D eigenvalue weighted by Gasteiger charge is 2.12. The lowest BCUT2D eigenvalue weighted by molar-refractivity contribution is 0.133. The molecule has 0 radical (unpaired) electrons. The van der Waals surface area contributed by atoms with Crippen LogP contribution < -0.4 is 0 Å². The molecule has 0 spiro atoms. The van der Waals surface area contributed by atoms with E-state index in [1.807, 2.05) is 0 Å². The minimum absolute atomic E-state index is 0.0716. The van der Waals surface area contributed by atoms with Gasteiger partial charge in [-0.2, -0.15) is 0 Å². The van der Waals surface area contributed by atoms with Gasteiger partial charge in [-0.25, -0.2) is 17.6 Å². The van der Waals surface area contributed by atoms with Crippen LogP contribution in [0.15, 0.2) is 0 Å². The molecule has 0 aliphatic rings. The highest BCUT2D eigenvalue weighted by atomic mass is 19.3. The highest BCUT2D eigenvalue weighted by Crippen LogP contribution is 2.28. The fraction of sp³-hybridized carbons (Fsp3) is 1.00. The monoisotopic (exact) mass is 635 g/mol. The van der Waals surface area contributed by atoms with Gasteiger partial charge in [0, 0.05) is 12.8 Å². The lowest BCUT2D eigenvalue weighted by Crippen LogP contribution is -2.04. The summed E-state index contributed by atoms with van der Waals surface area (Å²) in [4.78, 5) is 0. The van der Waals surface area contributed by atoms with Crippen LogP contribution in [-0.4, -0.2) is 12.9 Å². The Bertz CT molecular complexity index is 478. The normalized spacial score (nSPS) is 13.4. The molecule has 0 rings (SSSR count). The van der Waals surface area contributed by atoms with E-state index in [1.54, 1.807) is 0 Å². The fourth-order valence-corrected chi connectivity index (χ4v) is 7.04. The van der Waals surface area contributed by atoms with Gasteiger partial charge in [0.05, 0.1) is 0 Å². The summed E-state index contributed by atoms with van der Waals surface area (Å²) in [7, 11) is 0. The Morgan fingerprint density at radius 1 is 0.250 bits per heavy atom. The van der Waals surface area contributed by atoms with Crippen molar-refractivity contribution in [1.29, 1.82) is 0 Å². The van der Waals surface area contributed by atoms with Crippen LogP contribution >= 0.6 is 0 Å². The van der Waals surface area contributed by atoms with Gasteiger partial charge in [-0.15, -0.1) is 0 Å². The summed E-state index contributed by atoms with van der Waals surface area (Å²) >= 11 is 0. The summed E-state index contributed by atoms with van der Waals surface area (Å²) in [5.74, 6) is 1.70. The topological polar surface area (TPSA) is 0 Å². The molecule has 2 atom stereocenters. The van der Waals surface area contributed by atoms with E-state index < -0.39 is 12.9 Å². The van der Waals surface area contributed by atoms with E-state index in [9.17, 15) is 17.6 Å². The Labute approximate surface area is 274 Å². The van der Waals surface area contributed by atoms with E-state index in [1.165, 1.54) is 167 Å². The molecule has 2 unspecified atom stereocenters. The third kappa shape index (κ3) is 34.6. The van der Waals surface area contributed by atoms with Crippen molar-refractivity contribution in [2.24, 2.45) is 11.8 Å². The van der Waals surface area contributed by atoms with Crippen LogP contribution in [0.3, 0.4) is 0 Å². The van der Waals surface area contributed by atoms with Crippen LogP contribution in [0.1, 0.15) is 232 Å². The predicted octanol–water partition coefficient (Wildman–Crippen LogP) is 16.1. The Balaban J connectivity index is 4.49. The van der Waals surface area contributed by atoms with E-state index >= 15 is 0 Å². The number of hydrogen-bond donors (Lipinski definition) is 0. The number of alkyl halides is 4. The third-order valence-corrected chi connectivity index (χ3v) is 9.98. The maximum absolute atomic E-state index is 12.4. The van der Waals surface area contributed by atoms with Crippen molar-refractivity contribution in [3.8, 4) is 0 Å². The smallest absolute Gasteiger partial charge is 0.211 e. The first-order valence-electron chi connectivity index (χ1n) is 20.1. The molecule has 0 aromatic heterocycles. The van der Waals surface area contributed by atoms with Gasteiger partial charge in [-0.1, -0.05) is 206 Å². The molecular formula is C40H78F4. The number of hydrogen-bond acceptors (Lipinski definition) is 0. The van der Waals surface area contributed by atoms with Gasteiger partial charge < -0.3 is 0 Å². The molecule has 0 saturated carbocycles. The van der Waals surface area contributed by atoms with Crippen molar-refractivity contribution >= 4 is 0 Å². The minimum atomic E-state index is -2.14. The maximum Gasteiger partial charge on any atom is 0.238 e. The molecule has 0 aromatic carbocycles. The van der Waals surface area contributed by atoms with E-state index in [2.05, 4.69) is 13.8 Å². The van der Waals surface area contributed by atoms with Crippen LogP contribution in [0.4, 0.5) is 17.6 Å². The van der Waals surface area contributed by atoms with Crippen molar-refractivity contribution in [2.75, 3.05) is 0 Å². The van der Waals surface area contributed by atoms with Crippen molar-refractivity contribution in [2.45, 2.75) is 245 Å². The second kappa shape index (κ2) is 35.6. The van der Waals surface area contributed by atoms with Crippen molar-refractivity contribution in [1.82, 2.24) is 0 Å². The number of rotatable bonds is 37. The highest BCUT2D eigenvalue weighted by molar-refractivity contribution is 4.66. The van der Waals surface area contributed by atoms with Gasteiger partial charge in [0.25, 0.3) is 0 Å². The lowest BCUT2D eigenvalue weighted by Gasteiger charge is -2.20. The third-order valence-electron chi connectivity index (χ3n) is 9.98. The quantitative estimate of drug-likeness (QED) is 0.0471. The Hall–Kier alpha value is -0.280. The predicted molar refractivity (Wildman–Crippen MR) is 187 cm³/mol. The first-order chi connectivity index (χ1) is 21.5. The Morgan fingerprint density at radius 3 is 0.659 bits per heavy atom. The summed E-state index contributed by atoms with van der Waals surface area (Å²) in [6.45, 7) is 4.56. The zero-order valence-electron chi connectivity index (χ0n) is 29.9. The molecule has 266 valence electrons. The molecule has 0 bridgehead atoms. The molecule has 0 fully saturated rings. The first-order valence-corrected chi connectivity index (χ1v) is 20.1. The van der Waals surface area contributed by atoms with Gasteiger partial charge in [0.15, 0.2) is 0 Å². The molecule has 0 aliphatic heterocycles. The molecule has 4 heteroatoms. The summed E-state index contributed by atoms with van der Waals surface area (Å²) < 4.78 is 49.6. The number of unbranched alkanes of at least 4 members (excludes halogenated alkanes) is 21. The van der Waals surface area contributed by atoms with E-state index in [-0.39, 0.29) is 12.8 Å². The largest absolute Gasteiger partial charge is 0.238 e. The molecule has 0 aliphatic carbocycles. The van der Waals surface area contributed by atoms with E-state index in [0.29, 0.717) is 12.8 Å². The second-order valence-corrected chi connectivity index (χ2v) is 14.3. The van der Waals surface area contributed by atoms with Gasteiger partial charge in [0.1, 0.15) is 0 Å². The summed E-state index contributed by atoms with van der Waals surface area (Å²) in [6.07, 6.45) is 36.5. The molecule has 0 nitrogen and oxygen atoms in total. The molecular weight excluding hydrogens is 556 g/mol. The molecule has 0 N–H and O–H groups in total.